The average Bonchev–Trinajstić information content (AvgIpc) is 3.14. The first-order valence-electron chi connectivity index (χ1n) is 8.98. The molecule has 0 spiro atoms. The number of hydrogen-bond donors (Lipinski definition) is 2. The van der Waals surface area contributed by atoms with Gasteiger partial charge in [-0.2, -0.15) is 14.4 Å². The monoisotopic (exact) mass is 377 g/mol. The molecule has 2 aromatic rings. The summed E-state index contributed by atoms with van der Waals surface area (Å²) >= 11 is -1.13. The van der Waals surface area contributed by atoms with Gasteiger partial charge in [0.1, 0.15) is 5.69 Å². The molecule has 0 radical (unpaired) electrons. The summed E-state index contributed by atoms with van der Waals surface area (Å²) in [6, 6.07) is 3.97. The van der Waals surface area contributed by atoms with Crippen molar-refractivity contribution < 1.29 is 9.35 Å². The van der Waals surface area contributed by atoms with Gasteiger partial charge in [-0.1, -0.05) is 13.8 Å². The third-order valence-electron chi connectivity index (χ3n) is 4.24. The summed E-state index contributed by atoms with van der Waals surface area (Å²) in [4.78, 5) is 14.7. The molecular weight excluding hydrogens is 348 g/mol. The molecule has 1 aromatic heterocycles. The van der Waals surface area contributed by atoms with Crippen molar-refractivity contribution in [1.29, 1.82) is 0 Å². The van der Waals surface area contributed by atoms with Crippen LogP contribution in [0.2, 0.25) is 0 Å². The molecule has 1 fully saturated rings. The largest absolute Gasteiger partial charge is 0.312 e. The molecule has 0 bridgehead atoms. The summed E-state index contributed by atoms with van der Waals surface area (Å²) < 4.78 is 15.5. The van der Waals surface area contributed by atoms with Gasteiger partial charge in [-0.15, -0.1) is 0 Å². The zero-order valence-electron chi connectivity index (χ0n) is 16.5. The van der Waals surface area contributed by atoms with Crippen molar-refractivity contribution >= 4 is 28.6 Å². The normalized spacial score (nSPS) is 14.9. The first-order valence-corrected chi connectivity index (χ1v) is 10.2. The highest BCUT2D eigenvalue weighted by Gasteiger charge is 2.30. The molecule has 26 heavy (non-hydrogen) atoms. The molecule has 0 aliphatic carbocycles. The second kappa shape index (κ2) is 8.60. The predicted octanol–water partition coefficient (Wildman–Crippen LogP) is 3.98. The van der Waals surface area contributed by atoms with Crippen molar-refractivity contribution in [2.24, 2.45) is 7.05 Å². The summed E-state index contributed by atoms with van der Waals surface area (Å²) in [5, 5.41) is 4.28. The molecule has 6 nitrogen and oxygen atoms in total. The lowest BCUT2D eigenvalue weighted by molar-refractivity contribution is -0.117. The van der Waals surface area contributed by atoms with Crippen molar-refractivity contribution in [2.75, 3.05) is 16.2 Å². The Morgan fingerprint density at radius 3 is 2.27 bits per heavy atom. The molecule has 2 N–H and O–H groups in total. The molecule has 1 aromatic carbocycles. The number of hydrogen-bond acceptors (Lipinski definition) is 4. The number of rotatable bonds is 4. The lowest BCUT2D eigenvalue weighted by Crippen LogP contribution is -2.24. The minimum Gasteiger partial charge on any atom is -0.312 e. The molecule has 0 saturated carbocycles. The van der Waals surface area contributed by atoms with E-state index in [-0.39, 0.29) is 5.91 Å². The fourth-order valence-electron chi connectivity index (χ4n) is 3.16. The summed E-state index contributed by atoms with van der Waals surface area (Å²) in [6.07, 6.45) is 3.38. The first-order chi connectivity index (χ1) is 12.4. The fraction of sp³-hybridized carbons (Fsp3) is 0.474. The Balaban J connectivity index is 0.00000117. The molecule has 142 valence electrons. The zero-order valence-corrected chi connectivity index (χ0v) is 17.3. The number of nitrogens with zero attached hydrogens (tertiary/aromatic N) is 3. The van der Waals surface area contributed by atoms with Crippen LogP contribution in [-0.2, 0) is 23.2 Å². The first kappa shape index (κ1) is 20.3. The maximum atomic E-state index is 12.0. The number of carbonyl (C=O) groups is 1. The molecule has 1 unspecified atom stereocenters. The van der Waals surface area contributed by atoms with Gasteiger partial charge in [0.25, 0.3) is 0 Å². The number of benzene rings is 1. The molecule has 1 saturated heterocycles. The van der Waals surface area contributed by atoms with Crippen molar-refractivity contribution in [2.45, 2.75) is 52.4 Å². The summed E-state index contributed by atoms with van der Waals surface area (Å²) in [5.41, 5.74) is 4.54. The number of aromatic nitrogens is 2. The van der Waals surface area contributed by atoms with E-state index in [4.69, 9.17) is 0 Å². The Morgan fingerprint density at radius 2 is 1.81 bits per heavy atom. The van der Waals surface area contributed by atoms with Crippen molar-refractivity contribution in [3.8, 4) is 0 Å². The molecule has 1 amide bonds. The van der Waals surface area contributed by atoms with Crippen LogP contribution < -0.4 is 9.62 Å². The number of aryl methyl sites for hydroxylation is 4. The second-order valence-corrected chi connectivity index (χ2v) is 7.43. The molecular formula is C19H29N4O2S+. The van der Waals surface area contributed by atoms with Crippen LogP contribution in [0.1, 0.15) is 43.5 Å². The van der Waals surface area contributed by atoms with Crippen LogP contribution in [0.15, 0.2) is 23.2 Å². The van der Waals surface area contributed by atoms with E-state index in [2.05, 4.69) is 9.82 Å². The van der Waals surface area contributed by atoms with Gasteiger partial charge in [0, 0.05) is 36.8 Å². The topological polar surface area (TPSA) is 70.4 Å². The Bertz CT molecular complexity index is 765. The number of amides is 1. The second-order valence-electron chi connectivity index (χ2n) is 6.25. The Hall–Kier alpha value is -1.99. The lowest BCUT2D eigenvalue weighted by atomic mass is 10.1. The van der Waals surface area contributed by atoms with Gasteiger partial charge in [0.15, 0.2) is 0 Å². The highest BCUT2D eigenvalue weighted by atomic mass is 32.2. The van der Waals surface area contributed by atoms with Crippen LogP contribution in [0.3, 0.4) is 0 Å². The molecule has 7 heteroatoms. The van der Waals surface area contributed by atoms with Crippen molar-refractivity contribution in [3.05, 3.63) is 35.2 Å². The number of nitrogens with one attached hydrogen (secondary N) is 1. The number of carbonyl (C=O) groups excluding carboxylic acids is 1. The van der Waals surface area contributed by atoms with E-state index < -0.39 is 11.4 Å². The average molecular weight is 378 g/mol. The van der Waals surface area contributed by atoms with Crippen LogP contribution in [-0.4, -0.2) is 26.8 Å². The maximum absolute atomic E-state index is 12.0. The third kappa shape index (κ3) is 4.22. The summed E-state index contributed by atoms with van der Waals surface area (Å²) in [6.45, 7) is 10.6. The fourth-order valence-corrected chi connectivity index (χ4v) is 4.40. The van der Waals surface area contributed by atoms with Crippen LogP contribution in [0.4, 0.5) is 11.4 Å². The molecule has 2 heterocycles. The lowest BCUT2D eigenvalue weighted by Gasteiger charge is -2.18. The van der Waals surface area contributed by atoms with Crippen LogP contribution in [0.5, 0.6) is 0 Å². The van der Waals surface area contributed by atoms with E-state index in [0.717, 1.165) is 46.1 Å². The van der Waals surface area contributed by atoms with E-state index in [1.807, 2.05) is 64.9 Å². The van der Waals surface area contributed by atoms with Gasteiger partial charge >= 0.3 is 11.4 Å². The minimum atomic E-state index is -1.13. The summed E-state index contributed by atoms with van der Waals surface area (Å²) in [7, 11) is 1.85. The van der Waals surface area contributed by atoms with Gasteiger partial charge in [0.05, 0.1) is 11.9 Å². The number of anilines is 2. The maximum Gasteiger partial charge on any atom is 0.304 e. The quantitative estimate of drug-likeness (QED) is 0.791. The Kier molecular flexibility index (Phi) is 6.72. The van der Waals surface area contributed by atoms with E-state index in [9.17, 15) is 9.35 Å². The van der Waals surface area contributed by atoms with Gasteiger partial charge in [-0.3, -0.25) is 9.48 Å². The summed E-state index contributed by atoms with van der Waals surface area (Å²) in [5.74, 6) is 0.175. The predicted molar refractivity (Wildman–Crippen MR) is 109 cm³/mol. The molecule has 1 aliphatic rings. The van der Waals surface area contributed by atoms with E-state index in [1.165, 1.54) is 0 Å². The minimum absolute atomic E-state index is 0.175. The van der Waals surface area contributed by atoms with Gasteiger partial charge in [-0.05, 0) is 39.3 Å². The zero-order chi connectivity index (χ0) is 19.4. The van der Waals surface area contributed by atoms with Gasteiger partial charge in [0.2, 0.25) is 10.8 Å². The van der Waals surface area contributed by atoms with E-state index in [1.54, 1.807) is 4.68 Å². The molecule has 1 atom stereocenters. The van der Waals surface area contributed by atoms with Crippen LogP contribution in [0.25, 0.3) is 0 Å². The van der Waals surface area contributed by atoms with Crippen LogP contribution >= 0.6 is 0 Å². The standard InChI is InChI=1S/C17H23N4O2S.C2H6/c1-11-8-14(21-7-5-6-16(21)22)9-12(2)17(11)24(23)19-15-10-20(4)18-13(15)3;1-2/h8-10,19,23H,5-7H2,1-4H3;1-2H3/q+1;. The van der Waals surface area contributed by atoms with E-state index >= 15 is 0 Å². The van der Waals surface area contributed by atoms with Gasteiger partial charge in [-0.25, -0.2) is 0 Å². The van der Waals surface area contributed by atoms with Gasteiger partial charge < -0.3 is 4.90 Å². The van der Waals surface area contributed by atoms with Crippen molar-refractivity contribution in [1.82, 2.24) is 9.78 Å². The van der Waals surface area contributed by atoms with Crippen LogP contribution in [0, 0.1) is 20.8 Å². The van der Waals surface area contributed by atoms with Crippen molar-refractivity contribution in [3.63, 3.8) is 0 Å². The molecule has 3 rings (SSSR count). The van der Waals surface area contributed by atoms with E-state index in [0.29, 0.717) is 6.42 Å². The highest BCUT2D eigenvalue weighted by Crippen LogP contribution is 2.30. The third-order valence-corrected chi connectivity index (χ3v) is 5.69. The smallest absolute Gasteiger partial charge is 0.304 e. The highest BCUT2D eigenvalue weighted by molar-refractivity contribution is 7.93. The Labute approximate surface area is 158 Å². The Morgan fingerprint density at radius 1 is 1.19 bits per heavy atom. The SMILES string of the molecule is CC.Cc1cc(N2CCCC2=O)cc(C)c1[S+](O)Nc1cn(C)nc1C. The molecule has 1 aliphatic heterocycles.